The highest BCUT2D eigenvalue weighted by molar-refractivity contribution is 7.18. The maximum Gasteiger partial charge on any atom is 0.229 e. The van der Waals surface area contributed by atoms with Gasteiger partial charge in [-0.3, -0.25) is 4.79 Å². The molecule has 1 aliphatic heterocycles. The molecule has 7 heteroatoms. The van der Waals surface area contributed by atoms with Crippen LogP contribution in [-0.2, 0) is 11.2 Å². The summed E-state index contributed by atoms with van der Waals surface area (Å²) in [6.45, 7) is 1.19. The van der Waals surface area contributed by atoms with E-state index in [4.69, 9.17) is 5.73 Å². The van der Waals surface area contributed by atoms with E-state index in [1.807, 2.05) is 42.6 Å². The van der Waals surface area contributed by atoms with Crippen LogP contribution in [0.1, 0.15) is 16.9 Å². The fraction of sp³-hybridized carbons (Fsp3) is 0.185. The molecule has 1 atom stereocenters. The topological polar surface area (TPSA) is 95.8 Å². The zero-order chi connectivity index (χ0) is 23.3. The standard InChI is InChI=1S/C27H27N5OS/c28-15-20(13-18-7-2-1-3-8-18)27(33)32-24-14-22(23-17-31-26-21(23)10-6-12-30-26)25(34-24)19-9-4-5-11-29-16-19/h1-4,6-10,12,14,16-17,20,29H,5,11,13,15,28H2,(H,30,31)(H,32,33). The highest BCUT2D eigenvalue weighted by Gasteiger charge is 2.22. The molecule has 0 fully saturated rings. The van der Waals surface area contributed by atoms with Gasteiger partial charge >= 0.3 is 0 Å². The number of nitrogens with two attached hydrogens (primary N) is 1. The summed E-state index contributed by atoms with van der Waals surface area (Å²) in [5.74, 6) is -0.359. The molecule has 5 N–H and O–H groups in total. The number of H-pyrrole nitrogens is 1. The highest BCUT2D eigenvalue weighted by atomic mass is 32.1. The van der Waals surface area contributed by atoms with E-state index in [1.165, 1.54) is 0 Å². The Labute approximate surface area is 202 Å². The van der Waals surface area contributed by atoms with Crippen molar-refractivity contribution < 1.29 is 4.79 Å². The van der Waals surface area contributed by atoms with Crippen LogP contribution < -0.4 is 16.4 Å². The van der Waals surface area contributed by atoms with E-state index in [0.29, 0.717) is 6.42 Å². The van der Waals surface area contributed by atoms with E-state index in [0.717, 1.165) is 56.1 Å². The van der Waals surface area contributed by atoms with Gasteiger partial charge in [-0.25, -0.2) is 4.98 Å². The van der Waals surface area contributed by atoms with E-state index in [2.05, 4.69) is 51.1 Å². The van der Waals surface area contributed by atoms with E-state index in [-0.39, 0.29) is 18.4 Å². The van der Waals surface area contributed by atoms with E-state index in [1.54, 1.807) is 17.5 Å². The lowest BCUT2D eigenvalue weighted by molar-refractivity contribution is -0.119. The number of fused-ring (bicyclic) bond motifs is 1. The smallest absolute Gasteiger partial charge is 0.229 e. The van der Waals surface area contributed by atoms with Gasteiger partial charge in [-0.15, -0.1) is 11.3 Å². The van der Waals surface area contributed by atoms with Crippen molar-refractivity contribution in [1.82, 2.24) is 15.3 Å². The van der Waals surface area contributed by atoms with Crippen molar-refractivity contribution >= 4 is 38.9 Å². The Bertz CT molecular complexity index is 1350. The minimum atomic E-state index is -0.299. The van der Waals surface area contributed by atoms with Crippen molar-refractivity contribution in [3.63, 3.8) is 0 Å². The van der Waals surface area contributed by atoms with E-state index >= 15 is 0 Å². The van der Waals surface area contributed by atoms with Gasteiger partial charge in [-0.1, -0.05) is 42.5 Å². The second-order valence-corrected chi connectivity index (χ2v) is 9.36. The molecule has 0 spiro atoms. The molecule has 1 amide bonds. The van der Waals surface area contributed by atoms with Crippen molar-refractivity contribution in [3.8, 4) is 11.1 Å². The van der Waals surface area contributed by atoms with Crippen molar-refractivity contribution in [3.05, 3.63) is 89.7 Å². The van der Waals surface area contributed by atoms with E-state index in [9.17, 15) is 4.79 Å². The predicted molar refractivity (Wildman–Crippen MR) is 140 cm³/mol. The average molecular weight is 470 g/mol. The minimum Gasteiger partial charge on any atom is -0.390 e. The summed E-state index contributed by atoms with van der Waals surface area (Å²) in [6.07, 6.45) is 11.7. The Kier molecular flexibility index (Phi) is 6.56. The Morgan fingerprint density at radius 2 is 2.06 bits per heavy atom. The molecule has 5 rings (SSSR count). The normalized spacial score (nSPS) is 14.3. The van der Waals surface area contributed by atoms with Crippen LogP contribution in [0.15, 0.2) is 79.3 Å². The third-order valence-electron chi connectivity index (χ3n) is 5.97. The number of pyridine rings is 1. The van der Waals surface area contributed by atoms with Crippen LogP contribution in [-0.4, -0.2) is 29.0 Å². The average Bonchev–Trinajstić information content (AvgIpc) is 3.37. The molecule has 0 saturated heterocycles. The third-order valence-corrected chi connectivity index (χ3v) is 7.07. The molecule has 0 bridgehead atoms. The summed E-state index contributed by atoms with van der Waals surface area (Å²) in [4.78, 5) is 22.0. The molecule has 1 aromatic carbocycles. The quantitative estimate of drug-likeness (QED) is 0.308. The number of amides is 1. The number of carbonyl (C=O) groups excluding carboxylic acids is 1. The summed E-state index contributed by atoms with van der Waals surface area (Å²) in [7, 11) is 0. The number of thiophene rings is 1. The molecule has 4 aromatic rings. The van der Waals surface area contributed by atoms with Crippen LogP contribution in [0.5, 0.6) is 0 Å². The third kappa shape index (κ3) is 4.66. The Balaban J connectivity index is 1.49. The van der Waals surface area contributed by atoms with Gasteiger partial charge in [0.1, 0.15) is 5.65 Å². The van der Waals surface area contributed by atoms with Gasteiger partial charge in [0, 0.05) is 58.6 Å². The van der Waals surface area contributed by atoms with Crippen molar-refractivity contribution in [2.45, 2.75) is 12.8 Å². The summed E-state index contributed by atoms with van der Waals surface area (Å²) in [6, 6.07) is 16.1. The molecule has 0 radical (unpaired) electrons. The predicted octanol–water partition coefficient (Wildman–Crippen LogP) is 4.94. The van der Waals surface area contributed by atoms with Gasteiger partial charge in [0.2, 0.25) is 5.91 Å². The van der Waals surface area contributed by atoms with Gasteiger partial charge < -0.3 is 21.4 Å². The molecule has 0 saturated carbocycles. The first-order chi connectivity index (χ1) is 16.7. The van der Waals surface area contributed by atoms with Gasteiger partial charge in [-0.2, -0.15) is 0 Å². The van der Waals surface area contributed by atoms with Crippen molar-refractivity contribution in [2.75, 3.05) is 18.4 Å². The molecule has 172 valence electrons. The second-order valence-electron chi connectivity index (χ2n) is 8.31. The maximum absolute atomic E-state index is 13.2. The van der Waals surface area contributed by atoms with Crippen LogP contribution >= 0.6 is 11.3 Å². The number of hydrogen-bond acceptors (Lipinski definition) is 5. The summed E-state index contributed by atoms with van der Waals surface area (Å²) in [5, 5.41) is 8.36. The summed E-state index contributed by atoms with van der Waals surface area (Å²) in [5.41, 5.74) is 11.2. The van der Waals surface area contributed by atoms with Crippen molar-refractivity contribution in [1.29, 1.82) is 0 Å². The number of nitrogens with zero attached hydrogens (tertiary/aromatic N) is 1. The first kappa shape index (κ1) is 22.1. The first-order valence-corrected chi connectivity index (χ1v) is 12.3. The molecule has 3 aromatic heterocycles. The number of aromatic amines is 1. The lowest BCUT2D eigenvalue weighted by Gasteiger charge is -2.14. The monoisotopic (exact) mass is 469 g/mol. The Hall–Kier alpha value is -3.68. The molecular weight excluding hydrogens is 442 g/mol. The second kappa shape index (κ2) is 10.1. The zero-order valence-corrected chi connectivity index (χ0v) is 19.6. The molecule has 4 heterocycles. The molecule has 1 aliphatic rings. The number of aromatic nitrogens is 2. The number of anilines is 1. The number of benzene rings is 1. The molecule has 6 nitrogen and oxygen atoms in total. The molecule has 1 unspecified atom stereocenters. The van der Waals surface area contributed by atoms with Crippen LogP contribution in [0.25, 0.3) is 27.7 Å². The fourth-order valence-corrected chi connectivity index (χ4v) is 5.27. The summed E-state index contributed by atoms with van der Waals surface area (Å²) >= 11 is 1.58. The Morgan fingerprint density at radius 1 is 1.18 bits per heavy atom. The number of nitrogens with one attached hydrogen (secondary N) is 3. The van der Waals surface area contributed by atoms with Crippen LogP contribution in [0.3, 0.4) is 0 Å². The van der Waals surface area contributed by atoms with E-state index < -0.39 is 0 Å². The number of rotatable bonds is 7. The first-order valence-electron chi connectivity index (χ1n) is 11.4. The fourth-order valence-electron chi connectivity index (χ4n) is 4.20. The summed E-state index contributed by atoms with van der Waals surface area (Å²) < 4.78 is 0. The number of hydrogen-bond donors (Lipinski definition) is 4. The van der Waals surface area contributed by atoms with Gasteiger partial charge in [-0.05, 0) is 36.6 Å². The van der Waals surface area contributed by atoms with Crippen LogP contribution in [0, 0.1) is 5.92 Å². The number of carbonyl (C=O) groups is 1. The highest BCUT2D eigenvalue weighted by Crippen LogP contribution is 2.42. The van der Waals surface area contributed by atoms with Gasteiger partial charge in [0.25, 0.3) is 0 Å². The molecular formula is C27H27N5OS. The lowest BCUT2D eigenvalue weighted by atomic mass is 9.98. The van der Waals surface area contributed by atoms with Crippen LogP contribution in [0.2, 0.25) is 0 Å². The SMILES string of the molecule is NCC(Cc1ccccc1)C(=O)Nc1cc(-c2c[nH]c3ncccc23)c(C2=CNCCC=C2)s1. The minimum absolute atomic E-state index is 0.0604. The maximum atomic E-state index is 13.2. The zero-order valence-electron chi connectivity index (χ0n) is 18.8. The molecule has 34 heavy (non-hydrogen) atoms. The number of allylic oxidation sites excluding steroid dienone is 2. The van der Waals surface area contributed by atoms with Crippen LogP contribution in [0.4, 0.5) is 5.00 Å². The Morgan fingerprint density at radius 3 is 2.91 bits per heavy atom. The van der Waals surface area contributed by atoms with Gasteiger partial charge in [0.15, 0.2) is 0 Å². The van der Waals surface area contributed by atoms with Crippen molar-refractivity contribution in [2.24, 2.45) is 11.7 Å². The molecule has 0 aliphatic carbocycles. The lowest BCUT2D eigenvalue weighted by Crippen LogP contribution is -2.30. The van der Waals surface area contributed by atoms with Gasteiger partial charge in [0.05, 0.1) is 10.9 Å². The largest absolute Gasteiger partial charge is 0.390 e.